The summed E-state index contributed by atoms with van der Waals surface area (Å²) in [5, 5.41) is 3.13. The topological polar surface area (TPSA) is 62.6 Å². The van der Waals surface area contributed by atoms with E-state index >= 15 is 0 Å². The van der Waals surface area contributed by atoms with Gasteiger partial charge in [-0.2, -0.15) is 0 Å². The Kier molecular flexibility index (Phi) is 6.12. The van der Waals surface area contributed by atoms with E-state index in [-0.39, 0.29) is 6.03 Å². The van der Waals surface area contributed by atoms with Crippen molar-refractivity contribution in [2.75, 3.05) is 45.9 Å². The average molecular weight is 386 g/mol. The Labute approximate surface area is 166 Å². The Bertz CT molecular complexity index is 799. The molecule has 0 bridgehead atoms. The number of piperidine rings is 1. The van der Waals surface area contributed by atoms with Gasteiger partial charge in [-0.15, -0.1) is 0 Å². The highest BCUT2D eigenvalue weighted by Crippen LogP contribution is 2.19. The molecule has 4 rings (SSSR count). The summed E-state index contributed by atoms with van der Waals surface area (Å²) in [6.07, 6.45) is 4.13. The van der Waals surface area contributed by atoms with Crippen molar-refractivity contribution in [3.8, 4) is 0 Å². The maximum absolute atomic E-state index is 12.8. The average Bonchev–Trinajstić information content (AvgIpc) is 3.05. The van der Waals surface area contributed by atoms with Gasteiger partial charge in [0.2, 0.25) is 0 Å². The van der Waals surface area contributed by atoms with Gasteiger partial charge in [0.1, 0.15) is 5.82 Å². The summed E-state index contributed by atoms with van der Waals surface area (Å²) in [7, 11) is 2.04. The zero-order valence-corrected chi connectivity index (χ0v) is 16.8. The molecule has 0 aliphatic carbocycles. The van der Waals surface area contributed by atoms with Gasteiger partial charge in [-0.1, -0.05) is 12.1 Å². The van der Waals surface area contributed by atoms with Crippen molar-refractivity contribution in [3.05, 3.63) is 30.1 Å². The predicted molar refractivity (Wildman–Crippen MR) is 109 cm³/mol. The van der Waals surface area contributed by atoms with Gasteiger partial charge in [0.15, 0.2) is 0 Å². The minimum atomic E-state index is 0.0664. The molecule has 0 radical (unpaired) electrons. The number of aromatic nitrogens is 2. The minimum absolute atomic E-state index is 0.0664. The van der Waals surface area contributed by atoms with Crippen LogP contribution in [0.5, 0.6) is 0 Å². The highest BCUT2D eigenvalue weighted by Gasteiger charge is 2.28. The van der Waals surface area contributed by atoms with Crippen LogP contribution in [0, 0.1) is 0 Å². The molecule has 1 N–H and O–H groups in total. The molecule has 1 aromatic heterocycles. The summed E-state index contributed by atoms with van der Waals surface area (Å²) in [5.41, 5.74) is 2.14. The Morgan fingerprint density at radius 3 is 2.86 bits per heavy atom. The van der Waals surface area contributed by atoms with Crippen molar-refractivity contribution in [1.82, 2.24) is 24.7 Å². The van der Waals surface area contributed by atoms with Crippen molar-refractivity contribution >= 4 is 17.1 Å². The number of morpholine rings is 1. The maximum Gasteiger partial charge on any atom is 0.317 e. The molecule has 2 aliphatic rings. The van der Waals surface area contributed by atoms with Crippen molar-refractivity contribution in [2.24, 2.45) is 7.05 Å². The van der Waals surface area contributed by atoms with Crippen LogP contribution in [0.2, 0.25) is 0 Å². The van der Waals surface area contributed by atoms with Crippen molar-refractivity contribution in [2.45, 2.75) is 31.7 Å². The van der Waals surface area contributed by atoms with Gasteiger partial charge in [0, 0.05) is 52.2 Å². The van der Waals surface area contributed by atoms with E-state index in [4.69, 9.17) is 9.72 Å². The Morgan fingerprint density at radius 1 is 1.21 bits per heavy atom. The van der Waals surface area contributed by atoms with E-state index in [1.165, 1.54) is 6.42 Å². The number of hydrogen-bond acceptors (Lipinski definition) is 4. The van der Waals surface area contributed by atoms with Crippen LogP contribution in [0.1, 0.15) is 25.1 Å². The van der Waals surface area contributed by atoms with E-state index in [0.717, 1.165) is 75.5 Å². The first-order valence-electron chi connectivity index (χ1n) is 10.5. The summed E-state index contributed by atoms with van der Waals surface area (Å²) in [6.45, 7) is 5.97. The Morgan fingerprint density at radius 2 is 2.04 bits per heavy atom. The molecule has 7 heteroatoms. The largest absolute Gasteiger partial charge is 0.379 e. The molecule has 2 fully saturated rings. The van der Waals surface area contributed by atoms with Crippen LogP contribution >= 0.6 is 0 Å². The van der Waals surface area contributed by atoms with Gasteiger partial charge in [-0.25, -0.2) is 9.78 Å². The van der Waals surface area contributed by atoms with Gasteiger partial charge in [-0.05, 0) is 31.4 Å². The van der Waals surface area contributed by atoms with Gasteiger partial charge in [0.25, 0.3) is 0 Å². The molecule has 2 amide bonds. The summed E-state index contributed by atoms with van der Waals surface area (Å²) in [6, 6.07) is 8.52. The van der Waals surface area contributed by atoms with Crippen LogP contribution in [-0.2, 0) is 18.2 Å². The number of benzene rings is 1. The monoisotopic (exact) mass is 385 g/mol. The molecule has 28 heavy (non-hydrogen) atoms. The molecule has 7 nitrogen and oxygen atoms in total. The van der Waals surface area contributed by atoms with E-state index in [1.807, 2.05) is 30.1 Å². The first kappa shape index (κ1) is 19.2. The number of amides is 2. The fourth-order valence-corrected chi connectivity index (χ4v) is 4.34. The molecule has 152 valence electrons. The molecular formula is C21H31N5O2. The van der Waals surface area contributed by atoms with Gasteiger partial charge in [0.05, 0.1) is 24.2 Å². The molecule has 2 aromatic rings. The fourth-order valence-electron chi connectivity index (χ4n) is 4.34. The number of carbonyl (C=O) groups is 1. The fraction of sp³-hybridized carbons (Fsp3) is 0.619. The van der Waals surface area contributed by atoms with Gasteiger partial charge < -0.3 is 19.5 Å². The molecule has 1 aromatic carbocycles. The van der Waals surface area contributed by atoms with E-state index in [9.17, 15) is 4.79 Å². The lowest BCUT2D eigenvalue weighted by molar-refractivity contribution is 0.0221. The number of fused-ring (bicyclic) bond motifs is 1. The van der Waals surface area contributed by atoms with Crippen molar-refractivity contribution in [3.63, 3.8) is 0 Å². The van der Waals surface area contributed by atoms with E-state index in [0.29, 0.717) is 12.6 Å². The zero-order valence-electron chi connectivity index (χ0n) is 16.8. The van der Waals surface area contributed by atoms with Crippen LogP contribution in [-0.4, -0.2) is 77.4 Å². The second kappa shape index (κ2) is 8.92. The second-order valence-corrected chi connectivity index (χ2v) is 7.81. The summed E-state index contributed by atoms with van der Waals surface area (Å²) in [5.74, 6) is 1.00. The van der Waals surface area contributed by atoms with E-state index in [2.05, 4.69) is 20.9 Å². The van der Waals surface area contributed by atoms with E-state index in [1.54, 1.807) is 0 Å². The minimum Gasteiger partial charge on any atom is -0.379 e. The third kappa shape index (κ3) is 4.31. The smallest absolute Gasteiger partial charge is 0.317 e. The van der Waals surface area contributed by atoms with Crippen molar-refractivity contribution in [1.29, 1.82) is 0 Å². The molecular weight excluding hydrogens is 354 g/mol. The SMILES string of the molecule is Cn1c(CCNC(=O)N2CCCC[C@H]2CN2CCOCC2)nc2ccccc21. The van der Waals surface area contributed by atoms with Gasteiger partial charge >= 0.3 is 6.03 Å². The Hall–Kier alpha value is -2.12. The number of ether oxygens (including phenoxy) is 1. The maximum atomic E-state index is 12.8. The van der Waals surface area contributed by atoms with E-state index < -0.39 is 0 Å². The van der Waals surface area contributed by atoms with Crippen molar-refractivity contribution < 1.29 is 9.53 Å². The highest BCUT2D eigenvalue weighted by atomic mass is 16.5. The molecule has 2 saturated heterocycles. The lowest BCUT2D eigenvalue weighted by Crippen LogP contribution is -2.54. The molecule has 1 atom stereocenters. The highest BCUT2D eigenvalue weighted by molar-refractivity contribution is 5.76. The van der Waals surface area contributed by atoms with Crippen LogP contribution in [0.25, 0.3) is 11.0 Å². The second-order valence-electron chi connectivity index (χ2n) is 7.81. The molecule has 0 saturated carbocycles. The number of nitrogens with one attached hydrogen (secondary N) is 1. The first-order valence-corrected chi connectivity index (χ1v) is 10.5. The third-order valence-corrected chi connectivity index (χ3v) is 5.97. The quantitative estimate of drug-likeness (QED) is 0.855. The van der Waals surface area contributed by atoms with Crippen LogP contribution in [0.15, 0.2) is 24.3 Å². The predicted octanol–water partition coefficient (Wildman–Crippen LogP) is 2.01. The third-order valence-electron chi connectivity index (χ3n) is 5.97. The normalized spacial score (nSPS) is 21.2. The summed E-state index contributed by atoms with van der Waals surface area (Å²) >= 11 is 0. The number of imidazole rings is 1. The van der Waals surface area contributed by atoms with Crippen LogP contribution < -0.4 is 5.32 Å². The number of likely N-dealkylation sites (tertiary alicyclic amines) is 1. The molecule has 0 unspecified atom stereocenters. The molecule has 2 aliphatic heterocycles. The zero-order chi connectivity index (χ0) is 19.3. The number of para-hydroxylation sites is 2. The molecule has 0 spiro atoms. The van der Waals surface area contributed by atoms with Gasteiger partial charge in [-0.3, -0.25) is 4.90 Å². The molecule has 3 heterocycles. The Balaban J connectivity index is 1.31. The number of nitrogens with zero attached hydrogens (tertiary/aromatic N) is 4. The standard InChI is InChI=1S/C21H31N5O2/c1-24-19-8-3-2-7-18(19)23-20(24)9-10-22-21(27)26-11-5-4-6-17(26)16-25-12-14-28-15-13-25/h2-3,7-8,17H,4-6,9-16H2,1H3,(H,22,27)/t17-/m0/s1. The number of rotatable bonds is 5. The number of aryl methyl sites for hydroxylation is 1. The van der Waals surface area contributed by atoms with Crippen LogP contribution in [0.4, 0.5) is 4.79 Å². The lowest BCUT2D eigenvalue weighted by Gasteiger charge is -2.39. The summed E-state index contributed by atoms with van der Waals surface area (Å²) in [4.78, 5) is 22.0. The number of carbonyl (C=O) groups excluding carboxylic acids is 1. The summed E-state index contributed by atoms with van der Waals surface area (Å²) < 4.78 is 7.56. The number of hydrogen-bond donors (Lipinski definition) is 1. The lowest BCUT2D eigenvalue weighted by atomic mass is 10.0. The van der Waals surface area contributed by atoms with Crippen LogP contribution in [0.3, 0.4) is 0 Å². The number of urea groups is 1. The first-order chi connectivity index (χ1) is 13.7.